The van der Waals surface area contributed by atoms with Crippen LogP contribution in [0.15, 0.2) is 48.8 Å². The molecule has 1 saturated carbocycles. The van der Waals surface area contributed by atoms with Crippen LogP contribution in [0.5, 0.6) is 11.5 Å². The number of Topliss-reactive ketones (excluding diaryl/α,β-unsaturated/α-hetero) is 1. The molecule has 10 rings (SSSR count). The molecule has 2 bridgehead atoms. The number of hydrogen-bond acceptors (Lipinski definition) is 12. The van der Waals surface area contributed by atoms with E-state index in [1.807, 2.05) is 18.2 Å². The number of ketones is 1. The van der Waals surface area contributed by atoms with Crippen LogP contribution in [-0.2, 0) is 25.7 Å². The number of ether oxygens (including phenoxy) is 2. The predicted molar refractivity (Wildman–Crippen MR) is 215 cm³/mol. The standard InChI is InChI=1S/C42H42Cl2FN7O6/c1-57-35-15-32-29(41(47-21-46-32)48-31-9-8-30(43)38(44)39(31)45)14-36(35)58-27-6-2-22(3-7-27)16-51-25-12-26(51)19-50(18-25)24-5-4-23-17-52(33-10-11-37(55)49-42(33)56)40(28(23)13-24)34(54)20-53/h4-5,8-9,13-15,20-22,25-27,33,40H,2-3,6-7,10-12,16-19H2,1H3,(H,46,47,48)(H,49,55,56). The number of rotatable bonds is 11. The van der Waals surface area contributed by atoms with Crippen molar-refractivity contribution in [2.45, 2.75) is 81.8 Å². The molecule has 58 heavy (non-hydrogen) atoms. The topological polar surface area (TPSA) is 146 Å². The van der Waals surface area contributed by atoms with Crippen molar-refractivity contribution >= 4 is 75.2 Å². The van der Waals surface area contributed by atoms with Crippen molar-refractivity contribution in [3.05, 3.63) is 75.8 Å². The third-order valence-electron chi connectivity index (χ3n) is 12.6. The first-order chi connectivity index (χ1) is 28.1. The van der Waals surface area contributed by atoms with Gasteiger partial charge in [0.15, 0.2) is 23.6 Å². The van der Waals surface area contributed by atoms with Gasteiger partial charge in [0.05, 0.1) is 40.5 Å². The number of carbonyl (C=O) groups is 4. The lowest BCUT2D eigenvalue weighted by molar-refractivity contribution is -0.141. The minimum absolute atomic E-state index is 0.00295. The molecule has 16 heteroatoms. The number of nitrogens with one attached hydrogen (secondary N) is 2. The second kappa shape index (κ2) is 15.7. The van der Waals surface area contributed by atoms with Gasteiger partial charge in [-0.05, 0) is 85.9 Å². The number of benzene rings is 3. The van der Waals surface area contributed by atoms with Crippen LogP contribution in [0.4, 0.5) is 21.6 Å². The lowest BCUT2D eigenvalue weighted by Crippen LogP contribution is -2.69. The molecule has 6 aliphatic rings. The first kappa shape index (κ1) is 38.6. The molecule has 2 N–H and O–H groups in total. The Labute approximate surface area is 344 Å². The Morgan fingerprint density at radius 3 is 2.55 bits per heavy atom. The van der Waals surface area contributed by atoms with Gasteiger partial charge in [0.25, 0.3) is 0 Å². The van der Waals surface area contributed by atoms with Crippen molar-refractivity contribution in [2.75, 3.05) is 37.0 Å². The van der Waals surface area contributed by atoms with Crippen molar-refractivity contribution in [1.82, 2.24) is 25.1 Å². The molecule has 2 amide bonds. The summed E-state index contributed by atoms with van der Waals surface area (Å²) in [5.74, 6) is 0.0657. The number of nitrogens with zero attached hydrogens (tertiary/aromatic N) is 5. The van der Waals surface area contributed by atoms with E-state index in [1.165, 1.54) is 18.5 Å². The van der Waals surface area contributed by atoms with E-state index >= 15 is 0 Å². The number of anilines is 3. The third-order valence-corrected chi connectivity index (χ3v) is 13.4. The number of amides is 2. The molecular formula is C42H42Cl2FN7O6. The highest BCUT2D eigenvalue weighted by Gasteiger charge is 2.47. The summed E-state index contributed by atoms with van der Waals surface area (Å²) < 4.78 is 27.2. The fourth-order valence-electron chi connectivity index (χ4n) is 9.59. The van der Waals surface area contributed by atoms with E-state index < -0.39 is 29.6 Å². The van der Waals surface area contributed by atoms with E-state index in [1.54, 1.807) is 18.1 Å². The van der Waals surface area contributed by atoms with Crippen LogP contribution in [0.2, 0.25) is 10.0 Å². The summed E-state index contributed by atoms with van der Waals surface area (Å²) in [6.07, 6.45) is 7.27. The van der Waals surface area contributed by atoms with Crippen molar-refractivity contribution in [1.29, 1.82) is 0 Å². The number of hydrogen-bond donors (Lipinski definition) is 2. The molecule has 0 spiro atoms. The average molecular weight is 831 g/mol. The average Bonchev–Trinajstić information content (AvgIpc) is 3.61. The lowest BCUT2D eigenvalue weighted by Gasteiger charge is -2.58. The zero-order valence-corrected chi connectivity index (χ0v) is 33.3. The maximum Gasteiger partial charge on any atom is 0.243 e. The Morgan fingerprint density at radius 2 is 1.81 bits per heavy atom. The van der Waals surface area contributed by atoms with Gasteiger partial charge in [0.1, 0.15) is 18.2 Å². The van der Waals surface area contributed by atoms with E-state index in [9.17, 15) is 23.6 Å². The van der Waals surface area contributed by atoms with Gasteiger partial charge in [-0.15, -0.1) is 0 Å². The third kappa shape index (κ3) is 7.14. The zero-order chi connectivity index (χ0) is 40.2. The van der Waals surface area contributed by atoms with Crippen molar-refractivity contribution in [2.24, 2.45) is 5.92 Å². The highest BCUT2D eigenvalue weighted by atomic mass is 35.5. The minimum atomic E-state index is -0.844. The number of piperidine rings is 2. The van der Waals surface area contributed by atoms with Gasteiger partial charge in [-0.3, -0.25) is 34.3 Å². The van der Waals surface area contributed by atoms with Crippen molar-refractivity contribution in [3.8, 4) is 11.5 Å². The molecular weight excluding hydrogens is 788 g/mol. The van der Waals surface area contributed by atoms with E-state index in [0.29, 0.717) is 65.5 Å². The first-order valence-electron chi connectivity index (χ1n) is 19.7. The highest BCUT2D eigenvalue weighted by Crippen LogP contribution is 2.43. The second-order valence-corrected chi connectivity index (χ2v) is 16.7. The molecule has 302 valence electrons. The van der Waals surface area contributed by atoms with Gasteiger partial charge < -0.3 is 19.7 Å². The minimum Gasteiger partial charge on any atom is -0.493 e. The fourth-order valence-corrected chi connectivity index (χ4v) is 9.90. The number of halogens is 3. The van der Waals surface area contributed by atoms with E-state index in [-0.39, 0.29) is 34.2 Å². The summed E-state index contributed by atoms with van der Waals surface area (Å²) in [7, 11) is 1.59. The molecule has 13 nitrogen and oxygen atoms in total. The van der Waals surface area contributed by atoms with Crippen LogP contribution >= 0.6 is 23.2 Å². The van der Waals surface area contributed by atoms with Gasteiger partial charge in [0.2, 0.25) is 17.6 Å². The monoisotopic (exact) mass is 829 g/mol. The summed E-state index contributed by atoms with van der Waals surface area (Å²) in [5.41, 5.74) is 3.44. The Hall–Kier alpha value is -4.89. The zero-order valence-electron chi connectivity index (χ0n) is 31.8. The van der Waals surface area contributed by atoms with Gasteiger partial charge >= 0.3 is 0 Å². The van der Waals surface area contributed by atoms with Gasteiger partial charge in [-0.2, -0.15) is 0 Å². The first-order valence-corrected chi connectivity index (χ1v) is 20.5. The normalized spacial score (nSPS) is 25.8. The van der Waals surface area contributed by atoms with Crippen molar-refractivity contribution < 1.29 is 33.0 Å². The Kier molecular flexibility index (Phi) is 10.5. The van der Waals surface area contributed by atoms with Gasteiger partial charge in [0, 0.05) is 61.8 Å². The summed E-state index contributed by atoms with van der Waals surface area (Å²) in [6.45, 7) is 3.15. The summed E-state index contributed by atoms with van der Waals surface area (Å²) in [6, 6.07) is 12.1. The largest absolute Gasteiger partial charge is 0.493 e. The van der Waals surface area contributed by atoms with E-state index in [4.69, 9.17) is 32.7 Å². The molecule has 4 unspecified atom stereocenters. The number of fused-ring (bicyclic) bond motifs is 4. The Balaban J connectivity index is 0.817. The number of piperazine rings is 1. The Morgan fingerprint density at radius 1 is 1.02 bits per heavy atom. The molecule has 6 heterocycles. The smallest absolute Gasteiger partial charge is 0.243 e. The van der Waals surface area contributed by atoms with E-state index in [0.717, 1.165) is 68.6 Å². The molecule has 1 aliphatic carbocycles. The molecule has 0 radical (unpaired) electrons. The molecule has 4 aromatic rings. The summed E-state index contributed by atoms with van der Waals surface area (Å²) in [5, 5.41) is 6.00. The number of carbonyl (C=O) groups excluding carboxylic acids is 4. The SMILES string of the molecule is COc1cc2ncnc(Nc3ccc(Cl)c(Cl)c3F)c2cc1OC1CCC(CN2C3CC2CN(c2ccc4c(c2)C(C(=O)C=O)N(C2CCC(=O)NC2=O)C4)C3)CC1. The number of aromatic nitrogens is 2. The number of methoxy groups -OCH3 is 1. The predicted octanol–water partition coefficient (Wildman–Crippen LogP) is 6.16. The van der Waals surface area contributed by atoms with Crippen LogP contribution < -0.4 is 25.0 Å². The fraction of sp³-hybridized carbons (Fsp3) is 0.429. The van der Waals surface area contributed by atoms with Crippen LogP contribution in [0, 0.1) is 11.7 Å². The maximum absolute atomic E-state index is 14.9. The van der Waals surface area contributed by atoms with Crippen LogP contribution in [-0.4, -0.2) is 94.6 Å². The quantitative estimate of drug-likeness (QED) is 0.0773. The lowest BCUT2D eigenvalue weighted by atomic mass is 9.82. The highest BCUT2D eigenvalue weighted by molar-refractivity contribution is 6.42. The number of imide groups is 1. The summed E-state index contributed by atoms with van der Waals surface area (Å²) >= 11 is 12.0. The van der Waals surface area contributed by atoms with Crippen LogP contribution in [0.1, 0.15) is 62.1 Å². The van der Waals surface area contributed by atoms with Gasteiger partial charge in [-0.1, -0.05) is 29.3 Å². The Bertz CT molecular complexity index is 2310. The molecule has 5 fully saturated rings. The van der Waals surface area contributed by atoms with Crippen LogP contribution in [0.25, 0.3) is 10.9 Å². The second-order valence-electron chi connectivity index (χ2n) is 15.9. The molecule has 3 aromatic carbocycles. The molecule has 5 aliphatic heterocycles. The van der Waals surface area contributed by atoms with E-state index in [2.05, 4.69) is 36.5 Å². The molecule has 4 saturated heterocycles. The maximum atomic E-state index is 14.9. The van der Waals surface area contributed by atoms with Crippen molar-refractivity contribution in [3.63, 3.8) is 0 Å². The molecule has 4 atom stereocenters. The van der Waals surface area contributed by atoms with Gasteiger partial charge in [-0.25, -0.2) is 14.4 Å². The molecule has 1 aromatic heterocycles. The van der Waals surface area contributed by atoms with Crippen LogP contribution in [0.3, 0.4) is 0 Å². The summed E-state index contributed by atoms with van der Waals surface area (Å²) in [4.78, 5) is 64.9. The number of aldehydes is 1.